The van der Waals surface area contributed by atoms with Gasteiger partial charge in [-0.1, -0.05) is 23.7 Å². The van der Waals surface area contributed by atoms with Crippen molar-refractivity contribution in [2.24, 2.45) is 0 Å². The minimum absolute atomic E-state index is 0.0946. The highest BCUT2D eigenvalue weighted by Crippen LogP contribution is 2.20. The fourth-order valence-electron chi connectivity index (χ4n) is 2.33. The Labute approximate surface area is 145 Å². The first-order valence-electron chi connectivity index (χ1n) is 7.32. The van der Waals surface area contributed by atoms with Gasteiger partial charge < -0.3 is 14.6 Å². The van der Waals surface area contributed by atoms with E-state index in [1.54, 1.807) is 40.7 Å². The van der Waals surface area contributed by atoms with Crippen LogP contribution in [0.2, 0.25) is 5.02 Å². The molecule has 0 spiro atoms. The van der Waals surface area contributed by atoms with E-state index in [-0.39, 0.29) is 30.7 Å². The minimum Gasteiger partial charge on any atom is -0.341 e. The van der Waals surface area contributed by atoms with Crippen molar-refractivity contribution in [3.05, 3.63) is 34.9 Å². The highest BCUT2D eigenvalue weighted by Gasteiger charge is 2.28. The first-order chi connectivity index (χ1) is 11.0. The lowest BCUT2D eigenvalue weighted by Gasteiger charge is -2.21. The monoisotopic (exact) mass is 354 g/mol. The van der Waals surface area contributed by atoms with Gasteiger partial charge in [0.2, 0.25) is 11.8 Å². The fourth-order valence-corrected chi connectivity index (χ4v) is 3.59. The van der Waals surface area contributed by atoms with Gasteiger partial charge in [0.05, 0.1) is 11.9 Å². The zero-order valence-electron chi connectivity index (χ0n) is 12.9. The first-order valence-corrected chi connectivity index (χ1v) is 8.85. The smallest absolute Gasteiger partial charge is 0.224 e. The van der Waals surface area contributed by atoms with Crippen molar-refractivity contribution in [3.63, 3.8) is 0 Å². The van der Waals surface area contributed by atoms with Gasteiger partial charge in [0.1, 0.15) is 6.29 Å². The van der Waals surface area contributed by atoms with Gasteiger partial charge in [-0.3, -0.25) is 9.59 Å². The molecule has 1 aromatic carbocycles. The summed E-state index contributed by atoms with van der Waals surface area (Å²) < 4.78 is 0. The zero-order valence-corrected chi connectivity index (χ0v) is 14.5. The fraction of sp³-hybridized carbons (Fsp3) is 0.438. The molecule has 0 radical (unpaired) electrons. The van der Waals surface area contributed by atoms with Crippen molar-refractivity contribution >= 4 is 41.5 Å². The SMILES string of the molecule is CN(Cc1ccc(Cl)cc1)C(=O)CCC(=O)N1CSC[C@H]1C=O. The van der Waals surface area contributed by atoms with Crippen LogP contribution in [0.3, 0.4) is 0 Å². The molecule has 0 N–H and O–H groups in total. The van der Waals surface area contributed by atoms with Gasteiger partial charge in [-0.05, 0) is 17.7 Å². The Morgan fingerprint density at radius 2 is 2.04 bits per heavy atom. The van der Waals surface area contributed by atoms with E-state index in [0.29, 0.717) is 23.2 Å². The molecule has 0 bridgehead atoms. The highest BCUT2D eigenvalue weighted by molar-refractivity contribution is 7.99. The third-order valence-corrected chi connectivity index (χ3v) is 5.00. The van der Waals surface area contributed by atoms with Crippen LogP contribution >= 0.6 is 23.4 Å². The summed E-state index contributed by atoms with van der Waals surface area (Å²) in [4.78, 5) is 38.3. The summed E-state index contributed by atoms with van der Waals surface area (Å²) >= 11 is 7.39. The number of rotatable bonds is 6. The number of thioether (sulfide) groups is 1. The average molecular weight is 355 g/mol. The lowest BCUT2D eigenvalue weighted by molar-refractivity contribution is -0.137. The van der Waals surface area contributed by atoms with Gasteiger partial charge in [-0.15, -0.1) is 11.8 Å². The number of benzene rings is 1. The number of hydrogen-bond donors (Lipinski definition) is 0. The molecule has 0 unspecified atom stereocenters. The number of carbonyl (C=O) groups is 3. The van der Waals surface area contributed by atoms with Gasteiger partial charge in [-0.25, -0.2) is 0 Å². The van der Waals surface area contributed by atoms with Crippen molar-refractivity contribution in [3.8, 4) is 0 Å². The molecule has 2 amide bonds. The van der Waals surface area contributed by atoms with Crippen molar-refractivity contribution in [1.82, 2.24) is 9.80 Å². The van der Waals surface area contributed by atoms with Gasteiger partial charge >= 0.3 is 0 Å². The van der Waals surface area contributed by atoms with Crippen LogP contribution in [0, 0.1) is 0 Å². The Kier molecular flexibility index (Phi) is 6.47. The third kappa shape index (κ3) is 4.97. The van der Waals surface area contributed by atoms with Crippen LogP contribution in [0.1, 0.15) is 18.4 Å². The summed E-state index contributed by atoms with van der Waals surface area (Å²) in [7, 11) is 1.71. The van der Waals surface area contributed by atoms with E-state index in [1.165, 1.54) is 0 Å². The van der Waals surface area contributed by atoms with Gasteiger partial charge in [0, 0.05) is 37.2 Å². The van der Waals surface area contributed by atoms with Crippen molar-refractivity contribution < 1.29 is 14.4 Å². The molecule has 7 heteroatoms. The second kappa shape index (κ2) is 8.36. The Bertz CT molecular complexity index is 579. The summed E-state index contributed by atoms with van der Waals surface area (Å²) in [5.41, 5.74) is 0.980. The molecular formula is C16H19ClN2O3S. The van der Waals surface area contributed by atoms with E-state index in [2.05, 4.69) is 0 Å². The number of carbonyl (C=O) groups excluding carboxylic acids is 3. The Hall–Kier alpha value is -1.53. The van der Waals surface area contributed by atoms with Gasteiger partial charge in [0.25, 0.3) is 0 Å². The number of nitrogens with zero attached hydrogens (tertiary/aromatic N) is 2. The summed E-state index contributed by atoms with van der Waals surface area (Å²) in [6.07, 6.45) is 1.08. The minimum atomic E-state index is -0.352. The Balaban J connectivity index is 1.80. The normalized spacial score (nSPS) is 17.1. The molecule has 1 aliphatic heterocycles. The zero-order chi connectivity index (χ0) is 16.8. The maximum absolute atomic E-state index is 12.1. The van der Waals surface area contributed by atoms with Crippen LogP contribution in [0.25, 0.3) is 0 Å². The number of amides is 2. The molecule has 1 aliphatic rings. The molecule has 0 saturated carbocycles. The molecule has 1 saturated heterocycles. The summed E-state index contributed by atoms with van der Waals surface area (Å²) in [6, 6.07) is 6.95. The number of aldehydes is 1. The van der Waals surface area contributed by atoms with Crippen LogP contribution < -0.4 is 0 Å². The first kappa shape index (κ1) is 17.8. The van der Waals surface area contributed by atoms with Gasteiger partial charge in [0.15, 0.2) is 0 Å². The molecule has 23 heavy (non-hydrogen) atoms. The van der Waals surface area contributed by atoms with E-state index < -0.39 is 0 Å². The predicted octanol–water partition coefficient (Wildman–Crippen LogP) is 2.18. The summed E-state index contributed by atoms with van der Waals surface area (Å²) in [6.45, 7) is 0.473. The van der Waals surface area contributed by atoms with Crippen LogP contribution in [0.4, 0.5) is 0 Å². The second-order valence-electron chi connectivity index (χ2n) is 5.44. The molecule has 0 aliphatic carbocycles. The average Bonchev–Trinajstić information content (AvgIpc) is 3.03. The molecule has 124 valence electrons. The number of halogens is 1. The number of hydrogen-bond acceptors (Lipinski definition) is 4. The van der Waals surface area contributed by atoms with E-state index >= 15 is 0 Å². The quantitative estimate of drug-likeness (QED) is 0.735. The van der Waals surface area contributed by atoms with Crippen molar-refractivity contribution in [2.45, 2.75) is 25.4 Å². The largest absolute Gasteiger partial charge is 0.341 e. The molecule has 5 nitrogen and oxygen atoms in total. The summed E-state index contributed by atoms with van der Waals surface area (Å²) in [5, 5.41) is 0.654. The van der Waals surface area contributed by atoms with Crippen LogP contribution in [-0.2, 0) is 20.9 Å². The van der Waals surface area contributed by atoms with E-state index in [9.17, 15) is 14.4 Å². The molecule has 1 aromatic rings. The highest BCUT2D eigenvalue weighted by atomic mass is 35.5. The van der Waals surface area contributed by atoms with E-state index in [4.69, 9.17) is 11.6 Å². The van der Waals surface area contributed by atoms with Crippen LogP contribution in [-0.4, -0.2) is 52.6 Å². The molecule has 0 aromatic heterocycles. The predicted molar refractivity (Wildman–Crippen MR) is 91.2 cm³/mol. The molecule has 1 fully saturated rings. The standard InChI is InChI=1S/C16H19ClN2O3S/c1-18(8-12-2-4-13(17)5-3-12)15(21)6-7-16(22)19-11-23-10-14(19)9-20/h2-5,9,14H,6-8,10-11H2,1H3/t14-/m1/s1. The third-order valence-electron chi connectivity index (χ3n) is 3.71. The van der Waals surface area contributed by atoms with Gasteiger partial charge in [-0.2, -0.15) is 0 Å². The maximum Gasteiger partial charge on any atom is 0.224 e. The van der Waals surface area contributed by atoms with Crippen LogP contribution in [0.15, 0.2) is 24.3 Å². The lowest BCUT2D eigenvalue weighted by atomic mass is 10.2. The second-order valence-corrected chi connectivity index (χ2v) is 6.88. The topological polar surface area (TPSA) is 57.7 Å². The van der Waals surface area contributed by atoms with E-state index in [0.717, 1.165) is 11.8 Å². The lowest BCUT2D eigenvalue weighted by Crippen LogP contribution is -2.38. The Morgan fingerprint density at radius 1 is 1.35 bits per heavy atom. The molecule has 1 heterocycles. The molecular weight excluding hydrogens is 336 g/mol. The van der Waals surface area contributed by atoms with Crippen molar-refractivity contribution in [2.75, 3.05) is 18.7 Å². The Morgan fingerprint density at radius 3 is 2.70 bits per heavy atom. The van der Waals surface area contributed by atoms with Crippen LogP contribution in [0.5, 0.6) is 0 Å². The molecule has 1 atom stereocenters. The molecule has 2 rings (SSSR count). The van der Waals surface area contributed by atoms with E-state index in [1.807, 2.05) is 12.1 Å². The maximum atomic E-state index is 12.1. The van der Waals surface area contributed by atoms with Crippen molar-refractivity contribution in [1.29, 1.82) is 0 Å². The summed E-state index contributed by atoms with van der Waals surface area (Å²) in [5.74, 6) is 0.930.